The lowest BCUT2D eigenvalue weighted by molar-refractivity contribution is -0.122. The summed E-state index contributed by atoms with van der Waals surface area (Å²) >= 11 is 8.30. The molecule has 0 saturated carbocycles. The number of carbonyl (C=O) groups is 2. The van der Waals surface area contributed by atoms with Gasteiger partial charge in [0.2, 0.25) is 5.91 Å². The summed E-state index contributed by atoms with van der Waals surface area (Å²) in [6.45, 7) is 0.594. The number of aromatic nitrogens is 1. The van der Waals surface area contributed by atoms with Gasteiger partial charge in [0.1, 0.15) is 4.32 Å². The van der Waals surface area contributed by atoms with Crippen molar-refractivity contribution in [2.75, 3.05) is 11.9 Å². The van der Waals surface area contributed by atoms with E-state index >= 15 is 0 Å². The Hall–Kier alpha value is -2.03. The highest BCUT2D eigenvalue weighted by molar-refractivity contribution is 8.26. The molecular weight excluding hydrogens is 398 g/mol. The van der Waals surface area contributed by atoms with Gasteiger partial charge in [-0.1, -0.05) is 36.5 Å². The van der Waals surface area contributed by atoms with Crippen LogP contribution in [-0.4, -0.2) is 32.6 Å². The summed E-state index contributed by atoms with van der Waals surface area (Å²) < 4.78 is 0.608. The van der Waals surface area contributed by atoms with E-state index < -0.39 is 0 Å². The first-order chi connectivity index (χ1) is 13.1. The van der Waals surface area contributed by atoms with Gasteiger partial charge in [0, 0.05) is 24.0 Å². The van der Waals surface area contributed by atoms with Crippen LogP contribution in [0.5, 0.6) is 0 Å². The van der Waals surface area contributed by atoms with Crippen LogP contribution in [0, 0.1) is 0 Å². The Morgan fingerprint density at radius 1 is 1.26 bits per heavy atom. The first-order valence-corrected chi connectivity index (χ1v) is 10.7. The average Bonchev–Trinajstić information content (AvgIpc) is 3.26. The minimum atomic E-state index is -0.0208. The molecule has 0 radical (unpaired) electrons. The summed E-state index contributed by atoms with van der Waals surface area (Å²) in [5.41, 5.74) is 0.706. The number of thiophene rings is 1. The predicted octanol–water partition coefficient (Wildman–Crippen LogP) is 4.54. The molecule has 0 spiro atoms. The van der Waals surface area contributed by atoms with Gasteiger partial charge in [-0.15, -0.1) is 11.3 Å². The number of hydrogen-bond donors (Lipinski definition) is 1. The summed E-state index contributed by atoms with van der Waals surface area (Å²) in [5, 5.41) is 4.80. The molecule has 27 heavy (non-hydrogen) atoms. The van der Waals surface area contributed by atoms with Gasteiger partial charge < -0.3 is 5.32 Å². The van der Waals surface area contributed by atoms with E-state index in [1.165, 1.54) is 11.8 Å². The van der Waals surface area contributed by atoms with Crippen LogP contribution in [0.15, 0.2) is 46.9 Å². The fourth-order valence-corrected chi connectivity index (χ4v) is 4.62. The molecule has 0 atom stereocenters. The number of thioether (sulfide) groups is 1. The zero-order chi connectivity index (χ0) is 19.1. The van der Waals surface area contributed by atoms with E-state index in [9.17, 15) is 9.59 Å². The molecule has 1 N–H and O–H groups in total. The SMILES string of the molecule is O=C(CCCCCN1C(=O)C(=Cc2cccs2)SC1=S)Nc1cccnc1. The van der Waals surface area contributed by atoms with Crippen LogP contribution in [0.3, 0.4) is 0 Å². The highest BCUT2D eigenvalue weighted by atomic mass is 32.2. The Labute approximate surface area is 171 Å². The first kappa shape index (κ1) is 19.7. The minimum Gasteiger partial charge on any atom is -0.325 e. The van der Waals surface area contributed by atoms with Crippen molar-refractivity contribution in [3.63, 3.8) is 0 Å². The quantitative estimate of drug-likeness (QED) is 0.388. The molecule has 1 aliphatic rings. The van der Waals surface area contributed by atoms with Crippen molar-refractivity contribution < 1.29 is 9.59 Å². The standard InChI is InChI=1S/C19H19N3O2S3/c23-17(21-14-6-4-9-20-13-14)8-2-1-3-10-22-18(24)16(27-19(22)25)12-15-7-5-11-26-15/h4-7,9,11-13H,1-3,8,10H2,(H,21,23). The second kappa shape index (κ2) is 9.77. The summed E-state index contributed by atoms with van der Waals surface area (Å²) in [7, 11) is 0. The number of pyridine rings is 1. The number of nitrogens with one attached hydrogen (secondary N) is 1. The number of thiocarbonyl (C=S) groups is 1. The molecule has 0 aliphatic carbocycles. The Kier molecular flexibility index (Phi) is 7.14. The number of unbranched alkanes of at least 4 members (excludes halogenated alkanes) is 2. The third-order valence-corrected chi connectivity index (χ3v) is 6.12. The van der Waals surface area contributed by atoms with Crippen LogP contribution in [0.25, 0.3) is 6.08 Å². The van der Waals surface area contributed by atoms with Gasteiger partial charge in [-0.25, -0.2) is 0 Å². The van der Waals surface area contributed by atoms with Crippen molar-refractivity contribution in [1.82, 2.24) is 9.88 Å². The van der Waals surface area contributed by atoms with Crippen molar-refractivity contribution in [2.45, 2.75) is 25.7 Å². The van der Waals surface area contributed by atoms with Gasteiger partial charge >= 0.3 is 0 Å². The number of carbonyl (C=O) groups excluding carboxylic acids is 2. The largest absolute Gasteiger partial charge is 0.325 e. The average molecular weight is 418 g/mol. The Balaban J connectivity index is 1.38. The van der Waals surface area contributed by atoms with Crippen LogP contribution in [0.1, 0.15) is 30.6 Å². The van der Waals surface area contributed by atoms with E-state index in [-0.39, 0.29) is 11.8 Å². The number of hydrogen-bond acceptors (Lipinski definition) is 6. The van der Waals surface area contributed by atoms with Gasteiger partial charge in [-0.3, -0.25) is 19.5 Å². The van der Waals surface area contributed by atoms with Crippen LogP contribution in [0.4, 0.5) is 5.69 Å². The molecule has 2 amide bonds. The molecule has 1 aliphatic heterocycles. The molecular formula is C19H19N3O2S3. The maximum absolute atomic E-state index is 12.5. The molecule has 3 heterocycles. The molecule has 5 nitrogen and oxygen atoms in total. The monoisotopic (exact) mass is 417 g/mol. The van der Waals surface area contributed by atoms with Gasteiger partial charge in [0.15, 0.2) is 0 Å². The Morgan fingerprint density at radius 3 is 2.89 bits per heavy atom. The smallest absolute Gasteiger partial charge is 0.266 e. The van der Waals surface area contributed by atoms with Crippen molar-refractivity contribution in [1.29, 1.82) is 0 Å². The zero-order valence-corrected chi connectivity index (χ0v) is 17.0. The van der Waals surface area contributed by atoms with E-state index in [4.69, 9.17) is 12.2 Å². The van der Waals surface area contributed by atoms with Crippen molar-refractivity contribution in [3.8, 4) is 0 Å². The molecule has 3 rings (SSSR count). The third-order valence-electron chi connectivity index (χ3n) is 3.92. The van der Waals surface area contributed by atoms with Gasteiger partial charge in [-0.05, 0) is 42.5 Å². The molecule has 0 unspecified atom stereocenters. The van der Waals surface area contributed by atoms with Crippen LogP contribution in [0.2, 0.25) is 0 Å². The van der Waals surface area contributed by atoms with Crippen molar-refractivity contribution in [3.05, 3.63) is 51.8 Å². The lowest BCUT2D eigenvalue weighted by Gasteiger charge is -2.14. The number of anilines is 1. The number of amides is 2. The minimum absolute atomic E-state index is 0.0206. The molecule has 1 fully saturated rings. The van der Waals surface area contributed by atoms with E-state index in [1.54, 1.807) is 34.7 Å². The predicted molar refractivity (Wildman–Crippen MR) is 116 cm³/mol. The fourth-order valence-electron chi connectivity index (χ4n) is 2.59. The topological polar surface area (TPSA) is 62.3 Å². The van der Waals surface area contributed by atoms with E-state index in [0.717, 1.165) is 24.1 Å². The van der Waals surface area contributed by atoms with Gasteiger partial charge in [0.25, 0.3) is 5.91 Å². The first-order valence-electron chi connectivity index (χ1n) is 8.62. The summed E-state index contributed by atoms with van der Waals surface area (Å²) in [4.78, 5) is 31.8. The van der Waals surface area contributed by atoms with E-state index in [2.05, 4.69) is 10.3 Å². The fraction of sp³-hybridized carbons (Fsp3) is 0.263. The van der Waals surface area contributed by atoms with E-state index in [1.807, 2.05) is 29.7 Å². The zero-order valence-electron chi connectivity index (χ0n) is 14.6. The van der Waals surface area contributed by atoms with Gasteiger partial charge in [-0.2, -0.15) is 0 Å². The van der Waals surface area contributed by atoms with Crippen LogP contribution >= 0.6 is 35.3 Å². The highest BCUT2D eigenvalue weighted by Gasteiger charge is 2.31. The van der Waals surface area contributed by atoms with Crippen LogP contribution in [-0.2, 0) is 9.59 Å². The molecule has 0 bridgehead atoms. The van der Waals surface area contributed by atoms with E-state index in [0.29, 0.717) is 27.9 Å². The summed E-state index contributed by atoms with van der Waals surface area (Å²) in [6.07, 6.45) is 8.08. The lowest BCUT2D eigenvalue weighted by Crippen LogP contribution is -2.29. The lowest BCUT2D eigenvalue weighted by atomic mass is 10.2. The van der Waals surface area contributed by atoms with Crippen molar-refractivity contribution >= 4 is 63.2 Å². The molecule has 140 valence electrons. The molecule has 1 saturated heterocycles. The molecule has 2 aromatic heterocycles. The molecule has 2 aromatic rings. The number of rotatable bonds is 8. The van der Waals surface area contributed by atoms with Crippen LogP contribution < -0.4 is 5.32 Å². The Morgan fingerprint density at radius 2 is 2.15 bits per heavy atom. The van der Waals surface area contributed by atoms with Gasteiger partial charge in [0.05, 0.1) is 16.8 Å². The molecule has 8 heteroatoms. The second-order valence-electron chi connectivity index (χ2n) is 5.95. The second-order valence-corrected chi connectivity index (χ2v) is 8.60. The Bertz CT molecular complexity index is 835. The number of nitrogens with zero attached hydrogens (tertiary/aromatic N) is 2. The normalized spacial score (nSPS) is 15.6. The summed E-state index contributed by atoms with van der Waals surface area (Å²) in [5.74, 6) is -0.0415. The molecule has 0 aromatic carbocycles. The summed E-state index contributed by atoms with van der Waals surface area (Å²) in [6, 6.07) is 7.53. The third kappa shape index (κ3) is 5.72. The highest BCUT2D eigenvalue weighted by Crippen LogP contribution is 2.33. The maximum atomic E-state index is 12.5. The van der Waals surface area contributed by atoms with Crippen molar-refractivity contribution in [2.24, 2.45) is 0 Å². The maximum Gasteiger partial charge on any atom is 0.266 e.